The lowest BCUT2D eigenvalue weighted by Crippen LogP contribution is -2.32. The molecule has 1 heterocycles. The molecular weight excluding hydrogens is 368 g/mol. The van der Waals surface area contributed by atoms with Crippen LogP contribution in [-0.4, -0.2) is 17.1 Å². The first-order valence-corrected chi connectivity index (χ1v) is 10.1. The summed E-state index contributed by atoms with van der Waals surface area (Å²) in [5, 5.41) is 5.42. The Balaban J connectivity index is 1.30. The van der Waals surface area contributed by atoms with E-state index in [2.05, 4.69) is 34.9 Å². The fourth-order valence-electron chi connectivity index (χ4n) is 3.81. The number of carbonyl (C=O) groups excluding carboxylic acids is 2. The van der Waals surface area contributed by atoms with Crippen LogP contribution in [0.15, 0.2) is 71.6 Å². The molecule has 5 heteroatoms. The maximum Gasteiger partial charge on any atom is 0.238 e. The van der Waals surface area contributed by atoms with Crippen LogP contribution >= 0.6 is 11.8 Å². The van der Waals surface area contributed by atoms with Gasteiger partial charge in [-0.1, -0.05) is 42.5 Å². The third kappa shape index (κ3) is 3.08. The van der Waals surface area contributed by atoms with Crippen LogP contribution in [-0.2, 0) is 16.0 Å². The Hall–Kier alpha value is -3.05. The Bertz CT molecular complexity index is 1110. The number of anilines is 2. The van der Waals surface area contributed by atoms with Gasteiger partial charge in [-0.15, -0.1) is 11.8 Å². The zero-order valence-electron chi connectivity index (χ0n) is 15.1. The molecule has 2 N–H and O–H groups in total. The second-order valence-corrected chi connectivity index (χ2v) is 8.29. The van der Waals surface area contributed by atoms with Crippen LogP contribution < -0.4 is 10.6 Å². The van der Waals surface area contributed by atoms with Crippen LogP contribution in [0.2, 0.25) is 0 Å². The minimum Gasteiger partial charge on any atom is -0.326 e. The number of thioether (sulfide) groups is 1. The van der Waals surface area contributed by atoms with Gasteiger partial charge in [0.1, 0.15) is 0 Å². The van der Waals surface area contributed by atoms with Crippen molar-refractivity contribution in [2.45, 2.75) is 23.0 Å². The highest BCUT2D eigenvalue weighted by atomic mass is 32.2. The molecule has 2 aliphatic rings. The summed E-state index contributed by atoms with van der Waals surface area (Å²) >= 11 is 1.44. The van der Waals surface area contributed by atoms with Crippen molar-refractivity contribution in [3.63, 3.8) is 0 Å². The highest BCUT2D eigenvalue weighted by molar-refractivity contribution is 8.01. The molecule has 2 amide bonds. The predicted octanol–water partition coefficient (Wildman–Crippen LogP) is 4.70. The highest BCUT2D eigenvalue weighted by Gasteiger charge is 2.29. The molecule has 138 valence electrons. The smallest absolute Gasteiger partial charge is 0.238 e. The lowest BCUT2D eigenvalue weighted by molar-refractivity contribution is -0.120. The van der Waals surface area contributed by atoms with Crippen LogP contribution in [0.5, 0.6) is 0 Å². The molecule has 0 saturated heterocycles. The summed E-state index contributed by atoms with van der Waals surface area (Å²) in [7, 11) is 0. The molecule has 1 aliphatic heterocycles. The number of nitrogens with one attached hydrogen (secondary N) is 2. The first-order valence-electron chi connectivity index (χ1n) is 9.25. The van der Waals surface area contributed by atoms with Gasteiger partial charge in [-0.05, 0) is 52.9 Å². The molecule has 28 heavy (non-hydrogen) atoms. The van der Waals surface area contributed by atoms with E-state index in [9.17, 15) is 9.59 Å². The monoisotopic (exact) mass is 386 g/mol. The Morgan fingerprint density at radius 1 is 1.00 bits per heavy atom. The van der Waals surface area contributed by atoms with Gasteiger partial charge in [-0.25, -0.2) is 0 Å². The molecule has 0 fully saturated rings. The van der Waals surface area contributed by atoms with Crippen LogP contribution in [0.4, 0.5) is 11.4 Å². The van der Waals surface area contributed by atoms with Crippen LogP contribution in [0.1, 0.15) is 17.5 Å². The van der Waals surface area contributed by atoms with Crippen molar-refractivity contribution >= 4 is 35.0 Å². The molecule has 0 spiro atoms. The highest BCUT2D eigenvalue weighted by Crippen LogP contribution is 2.39. The zero-order valence-corrected chi connectivity index (χ0v) is 15.9. The van der Waals surface area contributed by atoms with Gasteiger partial charge in [0.25, 0.3) is 0 Å². The molecule has 1 atom stereocenters. The van der Waals surface area contributed by atoms with Gasteiger partial charge >= 0.3 is 0 Å². The molecule has 3 aromatic carbocycles. The SMILES string of the molecule is O=C(C[C@H]1Sc2ccccc2NC1=O)Nc1ccc2c(c1)-c1ccccc1C2. The first kappa shape index (κ1) is 17.1. The molecular formula is C23H18N2O2S. The molecule has 5 rings (SSSR count). The average molecular weight is 386 g/mol. The van der Waals surface area contributed by atoms with E-state index in [1.807, 2.05) is 42.5 Å². The lowest BCUT2D eigenvalue weighted by Gasteiger charge is -2.23. The summed E-state index contributed by atoms with van der Waals surface area (Å²) in [5.41, 5.74) is 6.57. The molecule has 3 aromatic rings. The lowest BCUT2D eigenvalue weighted by atomic mass is 10.1. The Morgan fingerprint density at radius 3 is 2.71 bits per heavy atom. The summed E-state index contributed by atoms with van der Waals surface area (Å²) in [6, 6.07) is 22.0. The molecule has 0 aromatic heterocycles. The molecule has 4 nitrogen and oxygen atoms in total. The van der Waals surface area contributed by atoms with Gasteiger partial charge in [-0.2, -0.15) is 0 Å². The predicted molar refractivity (Wildman–Crippen MR) is 113 cm³/mol. The van der Waals surface area contributed by atoms with Crippen molar-refractivity contribution in [3.8, 4) is 11.1 Å². The normalized spacial score (nSPS) is 16.6. The van der Waals surface area contributed by atoms with Crippen molar-refractivity contribution in [2.24, 2.45) is 0 Å². The number of fused-ring (bicyclic) bond motifs is 4. The van der Waals surface area contributed by atoms with Gasteiger partial charge in [0.05, 0.1) is 10.9 Å². The zero-order chi connectivity index (χ0) is 19.1. The van der Waals surface area contributed by atoms with E-state index >= 15 is 0 Å². The first-order chi connectivity index (χ1) is 13.7. The second-order valence-electron chi connectivity index (χ2n) is 7.05. The van der Waals surface area contributed by atoms with Gasteiger partial charge in [0.15, 0.2) is 0 Å². The summed E-state index contributed by atoms with van der Waals surface area (Å²) in [4.78, 5) is 25.9. The van der Waals surface area contributed by atoms with Crippen LogP contribution in [0.3, 0.4) is 0 Å². The largest absolute Gasteiger partial charge is 0.326 e. The van der Waals surface area contributed by atoms with E-state index in [1.54, 1.807) is 0 Å². The summed E-state index contributed by atoms with van der Waals surface area (Å²) in [6.45, 7) is 0. The van der Waals surface area contributed by atoms with E-state index in [0.29, 0.717) is 0 Å². The van der Waals surface area contributed by atoms with E-state index in [-0.39, 0.29) is 18.2 Å². The number of hydrogen-bond acceptors (Lipinski definition) is 3. The molecule has 0 radical (unpaired) electrons. The Kier molecular flexibility index (Phi) is 4.17. The molecule has 0 saturated carbocycles. The van der Waals surface area contributed by atoms with Gasteiger partial charge in [0.2, 0.25) is 11.8 Å². The van der Waals surface area contributed by atoms with Gasteiger partial charge < -0.3 is 10.6 Å². The van der Waals surface area contributed by atoms with Gasteiger partial charge in [-0.3, -0.25) is 9.59 Å². The molecule has 0 unspecified atom stereocenters. The number of rotatable bonds is 3. The topological polar surface area (TPSA) is 58.2 Å². The van der Waals surface area contributed by atoms with E-state index in [1.165, 1.54) is 34.0 Å². The average Bonchev–Trinajstić information content (AvgIpc) is 3.06. The fraction of sp³-hybridized carbons (Fsp3) is 0.130. The second kappa shape index (κ2) is 6.84. The third-order valence-corrected chi connectivity index (χ3v) is 6.43. The maximum atomic E-state index is 12.6. The van der Waals surface area contributed by atoms with E-state index in [0.717, 1.165) is 22.7 Å². The fourth-order valence-corrected chi connectivity index (χ4v) is 4.92. The van der Waals surface area contributed by atoms with E-state index < -0.39 is 5.25 Å². The van der Waals surface area contributed by atoms with Gasteiger partial charge in [0, 0.05) is 17.0 Å². The number of carbonyl (C=O) groups is 2. The summed E-state index contributed by atoms with van der Waals surface area (Å²) in [5.74, 6) is -0.278. The number of hydrogen-bond donors (Lipinski definition) is 2. The number of amides is 2. The van der Waals surface area contributed by atoms with Crippen molar-refractivity contribution in [1.82, 2.24) is 0 Å². The summed E-state index contributed by atoms with van der Waals surface area (Å²) < 4.78 is 0. The Morgan fingerprint density at radius 2 is 1.79 bits per heavy atom. The van der Waals surface area contributed by atoms with Crippen LogP contribution in [0.25, 0.3) is 11.1 Å². The maximum absolute atomic E-state index is 12.6. The quantitative estimate of drug-likeness (QED) is 0.537. The minimum atomic E-state index is -0.426. The minimum absolute atomic E-state index is 0.123. The van der Waals surface area contributed by atoms with Crippen molar-refractivity contribution in [3.05, 3.63) is 77.9 Å². The third-order valence-electron chi connectivity index (χ3n) is 5.16. The molecule has 1 aliphatic carbocycles. The number of benzene rings is 3. The van der Waals surface area contributed by atoms with E-state index in [4.69, 9.17) is 0 Å². The van der Waals surface area contributed by atoms with Crippen molar-refractivity contribution < 1.29 is 9.59 Å². The van der Waals surface area contributed by atoms with Crippen molar-refractivity contribution in [2.75, 3.05) is 10.6 Å². The van der Waals surface area contributed by atoms with Crippen molar-refractivity contribution in [1.29, 1.82) is 0 Å². The Labute approximate surface area is 167 Å². The summed E-state index contributed by atoms with van der Waals surface area (Å²) in [6.07, 6.45) is 1.07. The standard InChI is InChI=1S/C23H18N2O2S/c26-22(13-21-23(27)25-19-7-3-4-8-20(19)28-21)24-16-10-9-15-11-14-5-1-2-6-17(14)18(15)12-16/h1-10,12,21H,11,13H2,(H,24,26)(H,25,27)/t21-/m1/s1. The van der Waals surface area contributed by atoms with Crippen LogP contribution in [0, 0.1) is 0 Å². The molecule has 0 bridgehead atoms. The number of para-hydroxylation sites is 1.